The van der Waals surface area contributed by atoms with Crippen molar-refractivity contribution in [1.82, 2.24) is 0 Å². The molecule has 0 aliphatic rings. The number of anilines is 1. The van der Waals surface area contributed by atoms with E-state index in [2.05, 4.69) is 10.1 Å². The molecule has 1 aromatic carbocycles. The van der Waals surface area contributed by atoms with Crippen LogP contribution in [-0.2, 0) is 9.53 Å². The quantitative estimate of drug-likeness (QED) is 0.881. The van der Waals surface area contributed by atoms with Crippen molar-refractivity contribution in [2.24, 2.45) is 0 Å². The van der Waals surface area contributed by atoms with Gasteiger partial charge in [0, 0.05) is 4.88 Å². The standard InChI is InChI=1S/C15H14FNO3S/c1-9(13-4-3-7-21-13)14(18)17-12-6-5-10(8-11(12)16)15(19)20-2/h3-9H,1-2H3,(H,17,18)/t9-/m0/s1. The molecule has 0 aliphatic carbocycles. The van der Waals surface area contributed by atoms with Crippen LogP contribution in [0.2, 0.25) is 0 Å². The second kappa shape index (κ2) is 6.49. The molecule has 110 valence electrons. The van der Waals surface area contributed by atoms with Crippen molar-refractivity contribution < 1.29 is 18.7 Å². The van der Waals surface area contributed by atoms with Gasteiger partial charge in [0.15, 0.2) is 0 Å². The van der Waals surface area contributed by atoms with Crippen LogP contribution in [0, 0.1) is 5.82 Å². The van der Waals surface area contributed by atoms with Crippen LogP contribution in [0.25, 0.3) is 0 Å². The Hall–Kier alpha value is -2.21. The number of esters is 1. The highest BCUT2D eigenvalue weighted by Gasteiger charge is 2.18. The molecule has 21 heavy (non-hydrogen) atoms. The van der Waals surface area contributed by atoms with Gasteiger partial charge in [0.1, 0.15) is 5.82 Å². The summed E-state index contributed by atoms with van der Waals surface area (Å²) < 4.78 is 18.4. The Labute approximate surface area is 125 Å². The summed E-state index contributed by atoms with van der Waals surface area (Å²) in [6.45, 7) is 1.75. The van der Waals surface area contributed by atoms with Crippen molar-refractivity contribution in [2.75, 3.05) is 12.4 Å². The van der Waals surface area contributed by atoms with Gasteiger partial charge in [-0.25, -0.2) is 9.18 Å². The molecule has 0 saturated heterocycles. The van der Waals surface area contributed by atoms with E-state index in [9.17, 15) is 14.0 Å². The van der Waals surface area contributed by atoms with Crippen molar-refractivity contribution in [3.63, 3.8) is 0 Å². The Morgan fingerprint density at radius 3 is 2.67 bits per heavy atom. The predicted molar refractivity (Wildman–Crippen MR) is 79.1 cm³/mol. The lowest BCUT2D eigenvalue weighted by Gasteiger charge is -2.11. The number of methoxy groups -OCH3 is 1. The number of thiophene rings is 1. The molecule has 0 radical (unpaired) electrons. The van der Waals surface area contributed by atoms with Crippen molar-refractivity contribution in [1.29, 1.82) is 0 Å². The summed E-state index contributed by atoms with van der Waals surface area (Å²) in [5.74, 6) is -1.98. The topological polar surface area (TPSA) is 55.4 Å². The van der Waals surface area contributed by atoms with Crippen molar-refractivity contribution >= 4 is 28.9 Å². The average Bonchev–Trinajstić information content (AvgIpc) is 3.01. The molecule has 1 amide bonds. The molecule has 1 N–H and O–H groups in total. The number of hydrogen-bond donors (Lipinski definition) is 1. The van der Waals surface area contributed by atoms with Gasteiger partial charge in [-0.3, -0.25) is 4.79 Å². The first-order chi connectivity index (χ1) is 10.0. The van der Waals surface area contributed by atoms with Crippen LogP contribution in [0.3, 0.4) is 0 Å². The number of hydrogen-bond acceptors (Lipinski definition) is 4. The Morgan fingerprint density at radius 2 is 2.10 bits per heavy atom. The molecule has 6 heteroatoms. The van der Waals surface area contributed by atoms with E-state index in [1.54, 1.807) is 6.92 Å². The van der Waals surface area contributed by atoms with Gasteiger partial charge in [-0.15, -0.1) is 11.3 Å². The molecule has 0 spiro atoms. The molecular formula is C15H14FNO3S. The molecule has 0 unspecified atom stereocenters. The highest BCUT2D eigenvalue weighted by atomic mass is 32.1. The third-order valence-electron chi connectivity index (χ3n) is 3.01. The number of carbonyl (C=O) groups excluding carboxylic acids is 2. The second-order valence-corrected chi connectivity index (χ2v) is 5.39. The van der Waals surface area contributed by atoms with Crippen molar-refractivity contribution in [3.05, 3.63) is 52.0 Å². The smallest absolute Gasteiger partial charge is 0.337 e. The lowest BCUT2D eigenvalue weighted by Crippen LogP contribution is -2.19. The van der Waals surface area contributed by atoms with Gasteiger partial charge in [-0.2, -0.15) is 0 Å². The molecule has 0 saturated carbocycles. The summed E-state index contributed by atoms with van der Waals surface area (Å²) in [5, 5.41) is 4.40. The van der Waals surface area contributed by atoms with Gasteiger partial charge in [-0.05, 0) is 36.6 Å². The average molecular weight is 307 g/mol. The molecule has 0 aliphatic heterocycles. The number of carbonyl (C=O) groups is 2. The van der Waals surface area contributed by atoms with Crippen molar-refractivity contribution in [2.45, 2.75) is 12.8 Å². The van der Waals surface area contributed by atoms with Gasteiger partial charge in [-0.1, -0.05) is 6.07 Å². The van der Waals surface area contributed by atoms with Crippen LogP contribution >= 0.6 is 11.3 Å². The molecule has 0 bridgehead atoms. The third-order valence-corrected chi connectivity index (χ3v) is 4.07. The number of benzene rings is 1. The molecular weight excluding hydrogens is 293 g/mol. The van der Waals surface area contributed by atoms with Gasteiger partial charge < -0.3 is 10.1 Å². The molecule has 4 nitrogen and oxygen atoms in total. The van der Waals surface area contributed by atoms with E-state index in [4.69, 9.17) is 0 Å². The third kappa shape index (κ3) is 3.46. The minimum Gasteiger partial charge on any atom is -0.465 e. The maximum atomic E-state index is 13.9. The molecule has 1 heterocycles. The van der Waals surface area contributed by atoms with Crippen LogP contribution in [0.1, 0.15) is 28.1 Å². The molecule has 2 aromatic rings. The van der Waals surface area contributed by atoms with E-state index >= 15 is 0 Å². The van der Waals surface area contributed by atoms with Gasteiger partial charge in [0.25, 0.3) is 0 Å². The number of ether oxygens (including phenoxy) is 1. The zero-order valence-electron chi connectivity index (χ0n) is 11.6. The fourth-order valence-electron chi connectivity index (χ4n) is 1.77. The Balaban J connectivity index is 2.13. The van der Waals surface area contributed by atoms with E-state index in [-0.39, 0.29) is 23.1 Å². The number of amides is 1. The maximum Gasteiger partial charge on any atom is 0.337 e. The van der Waals surface area contributed by atoms with Crippen LogP contribution in [0.5, 0.6) is 0 Å². The van der Waals surface area contributed by atoms with Crippen molar-refractivity contribution in [3.8, 4) is 0 Å². The fraction of sp³-hybridized carbons (Fsp3) is 0.200. The highest BCUT2D eigenvalue weighted by molar-refractivity contribution is 7.10. The lowest BCUT2D eigenvalue weighted by atomic mass is 10.1. The minimum absolute atomic E-state index is 0.0380. The zero-order valence-corrected chi connectivity index (χ0v) is 12.4. The largest absolute Gasteiger partial charge is 0.465 e. The Morgan fingerprint density at radius 1 is 1.33 bits per heavy atom. The van der Waals surface area contributed by atoms with Crippen LogP contribution in [0.15, 0.2) is 35.7 Å². The van der Waals surface area contributed by atoms with E-state index in [0.29, 0.717) is 0 Å². The summed E-state index contributed by atoms with van der Waals surface area (Å²) >= 11 is 1.47. The van der Waals surface area contributed by atoms with Crippen LogP contribution < -0.4 is 5.32 Å². The van der Waals surface area contributed by atoms with Gasteiger partial charge in [0.05, 0.1) is 24.3 Å². The van der Waals surface area contributed by atoms with E-state index in [0.717, 1.165) is 10.9 Å². The Kier molecular flexibility index (Phi) is 4.70. The molecule has 0 fully saturated rings. The van der Waals surface area contributed by atoms with E-state index < -0.39 is 11.8 Å². The Bertz CT molecular complexity index is 655. The molecule has 1 aromatic heterocycles. The monoisotopic (exact) mass is 307 g/mol. The molecule has 1 atom stereocenters. The van der Waals surface area contributed by atoms with Crippen LogP contribution in [-0.4, -0.2) is 19.0 Å². The predicted octanol–water partition coefficient (Wildman–Crippen LogP) is 3.42. The first kappa shape index (κ1) is 15.2. The fourth-order valence-corrected chi connectivity index (χ4v) is 2.55. The summed E-state index contributed by atoms with van der Waals surface area (Å²) in [5.41, 5.74) is 0.135. The van der Waals surface area contributed by atoms with Crippen LogP contribution in [0.4, 0.5) is 10.1 Å². The molecule has 2 rings (SSSR count). The van der Waals surface area contributed by atoms with E-state index in [1.165, 1.54) is 30.6 Å². The zero-order chi connectivity index (χ0) is 15.4. The highest BCUT2D eigenvalue weighted by Crippen LogP contribution is 2.23. The summed E-state index contributed by atoms with van der Waals surface area (Å²) in [4.78, 5) is 24.3. The summed E-state index contributed by atoms with van der Waals surface area (Å²) in [6.07, 6.45) is 0. The van der Waals surface area contributed by atoms with Gasteiger partial charge >= 0.3 is 5.97 Å². The first-order valence-corrected chi connectivity index (χ1v) is 7.13. The SMILES string of the molecule is COC(=O)c1ccc(NC(=O)[C@@H](C)c2cccs2)c(F)c1. The number of halogens is 1. The van der Waals surface area contributed by atoms with E-state index in [1.807, 2.05) is 17.5 Å². The minimum atomic E-state index is -0.676. The second-order valence-electron chi connectivity index (χ2n) is 4.41. The normalized spacial score (nSPS) is 11.8. The summed E-state index contributed by atoms with van der Waals surface area (Å²) in [7, 11) is 1.22. The number of nitrogens with one attached hydrogen (secondary N) is 1. The first-order valence-electron chi connectivity index (χ1n) is 6.25. The van der Waals surface area contributed by atoms with Gasteiger partial charge in [0.2, 0.25) is 5.91 Å². The summed E-state index contributed by atoms with van der Waals surface area (Å²) in [6, 6.07) is 7.50. The lowest BCUT2D eigenvalue weighted by molar-refractivity contribution is -0.117. The number of rotatable bonds is 4. The maximum absolute atomic E-state index is 13.9.